The second kappa shape index (κ2) is 6.23. The second-order valence-electron chi connectivity index (χ2n) is 7.66. The average Bonchev–Trinajstić information content (AvgIpc) is 3.36. The van der Waals surface area contributed by atoms with Gasteiger partial charge in [-0.2, -0.15) is 0 Å². The Bertz CT molecular complexity index is 557. The highest BCUT2D eigenvalue weighted by Gasteiger charge is 2.45. The van der Waals surface area contributed by atoms with E-state index in [1.807, 2.05) is 24.5 Å². The van der Waals surface area contributed by atoms with Crippen LogP contribution in [0.5, 0.6) is 0 Å². The van der Waals surface area contributed by atoms with Crippen LogP contribution >= 0.6 is 0 Å². The van der Waals surface area contributed by atoms with Crippen LogP contribution in [0.4, 0.5) is 0 Å². The zero-order valence-electron chi connectivity index (χ0n) is 13.9. The van der Waals surface area contributed by atoms with Crippen molar-refractivity contribution in [3.63, 3.8) is 0 Å². The first kappa shape index (κ1) is 15.1. The molecule has 0 radical (unpaired) electrons. The first-order valence-electron chi connectivity index (χ1n) is 9.17. The number of carbonyl (C=O) groups is 1. The molecule has 1 spiro atoms. The van der Waals surface area contributed by atoms with Crippen molar-refractivity contribution in [3.05, 3.63) is 30.1 Å². The van der Waals surface area contributed by atoms with Crippen LogP contribution in [0.15, 0.2) is 24.5 Å². The summed E-state index contributed by atoms with van der Waals surface area (Å²) in [7, 11) is 0. The molecule has 3 fully saturated rings. The van der Waals surface area contributed by atoms with Gasteiger partial charge in [0.2, 0.25) is 5.91 Å². The maximum Gasteiger partial charge on any atom is 0.223 e. The lowest BCUT2D eigenvalue weighted by atomic mass is 9.87. The van der Waals surface area contributed by atoms with Gasteiger partial charge in [0.05, 0.1) is 0 Å². The summed E-state index contributed by atoms with van der Waals surface area (Å²) >= 11 is 0. The van der Waals surface area contributed by atoms with Gasteiger partial charge in [-0.25, -0.2) is 0 Å². The van der Waals surface area contributed by atoms with Crippen molar-refractivity contribution < 1.29 is 4.79 Å². The maximum absolute atomic E-state index is 12.5. The third-order valence-corrected chi connectivity index (χ3v) is 5.99. The molecule has 4 heteroatoms. The molecule has 4 rings (SSSR count). The lowest BCUT2D eigenvalue weighted by Crippen LogP contribution is -2.46. The second-order valence-corrected chi connectivity index (χ2v) is 7.66. The molecule has 124 valence electrons. The number of hydrogen-bond acceptors (Lipinski definition) is 3. The molecule has 2 aliphatic heterocycles. The fourth-order valence-electron chi connectivity index (χ4n) is 4.40. The van der Waals surface area contributed by atoms with Crippen LogP contribution in [0.3, 0.4) is 0 Å². The summed E-state index contributed by atoms with van der Waals surface area (Å²) < 4.78 is 0. The van der Waals surface area contributed by atoms with E-state index in [1.165, 1.54) is 44.3 Å². The molecule has 1 saturated carbocycles. The monoisotopic (exact) mass is 313 g/mol. The van der Waals surface area contributed by atoms with Crippen LogP contribution in [0, 0.1) is 5.92 Å². The first-order chi connectivity index (χ1) is 11.3. The summed E-state index contributed by atoms with van der Waals surface area (Å²) in [6, 6.07) is 4.07. The highest BCUT2D eigenvalue weighted by Crippen LogP contribution is 2.40. The van der Waals surface area contributed by atoms with Crippen molar-refractivity contribution in [3.8, 4) is 0 Å². The quantitative estimate of drug-likeness (QED) is 0.857. The van der Waals surface area contributed by atoms with Gasteiger partial charge in [0, 0.05) is 44.0 Å². The van der Waals surface area contributed by atoms with E-state index in [0.29, 0.717) is 5.91 Å². The molecular weight excluding hydrogens is 286 g/mol. The molecule has 1 aliphatic carbocycles. The third kappa shape index (κ3) is 3.27. The molecule has 1 amide bonds. The van der Waals surface area contributed by atoms with Crippen LogP contribution in [0.1, 0.15) is 50.5 Å². The molecule has 0 aromatic carbocycles. The van der Waals surface area contributed by atoms with E-state index in [2.05, 4.69) is 14.8 Å². The molecule has 1 aromatic rings. The lowest BCUT2D eigenvalue weighted by Gasteiger charge is -2.38. The van der Waals surface area contributed by atoms with Crippen LogP contribution in [-0.4, -0.2) is 45.9 Å². The Hall–Kier alpha value is -1.42. The molecule has 4 nitrogen and oxygen atoms in total. The summed E-state index contributed by atoms with van der Waals surface area (Å²) in [4.78, 5) is 21.5. The van der Waals surface area contributed by atoms with Crippen LogP contribution in [-0.2, 0) is 11.3 Å². The van der Waals surface area contributed by atoms with E-state index in [9.17, 15) is 4.79 Å². The van der Waals surface area contributed by atoms with Gasteiger partial charge >= 0.3 is 0 Å². The van der Waals surface area contributed by atoms with E-state index in [4.69, 9.17) is 0 Å². The van der Waals surface area contributed by atoms with E-state index < -0.39 is 0 Å². The van der Waals surface area contributed by atoms with Crippen molar-refractivity contribution in [2.24, 2.45) is 5.92 Å². The number of pyridine rings is 1. The van der Waals surface area contributed by atoms with Gasteiger partial charge in [0.15, 0.2) is 0 Å². The van der Waals surface area contributed by atoms with Crippen molar-refractivity contribution in [1.82, 2.24) is 14.8 Å². The Morgan fingerprint density at radius 1 is 1.13 bits per heavy atom. The minimum atomic E-state index is 0.110. The molecule has 1 aromatic heterocycles. The number of amides is 1. The summed E-state index contributed by atoms with van der Waals surface area (Å²) in [6.45, 7) is 4.42. The van der Waals surface area contributed by atoms with Crippen molar-refractivity contribution in [1.29, 1.82) is 0 Å². The zero-order chi connectivity index (χ0) is 15.7. The average molecular weight is 313 g/mol. The standard InChI is InChI=1S/C19H27N3O/c23-18-4-8-19(22(18)15-17-5-10-20-11-6-17)7-1-12-21(13-9-19)14-16-2-3-16/h5-6,10-11,16H,1-4,7-9,12-15H2. The predicted octanol–water partition coefficient (Wildman–Crippen LogP) is 2.84. The van der Waals surface area contributed by atoms with Gasteiger partial charge in [0.1, 0.15) is 0 Å². The van der Waals surface area contributed by atoms with Gasteiger partial charge in [0.25, 0.3) is 0 Å². The summed E-state index contributed by atoms with van der Waals surface area (Å²) in [6.07, 6.45) is 11.8. The minimum absolute atomic E-state index is 0.110. The fraction of sp³-hybridized carbons (Fsp3) is 0.684. The van der Waals surface area contributed by atoms with Crippen LogP contribution in [0.25, 0.3) is 0 Å². The van der Waals surface area contributed by atoms with Gasteiger partial charge in [-0.15, -0.1) is 0 Å². The highest BCUT2D eigenvalue weighted by atomic mass is 16.2. The van der Waals surface area contributed by atoms with E-state index >= 15 is 0 Å². The van der Waals surface area contributed by atoms with E-state index in [-0.39, 0.29) is 5.54 Å². The predicted molar refractivity (Wildman–Crippen MR) is 89.8 cm³/mol. The lowest BCUT2D eigenvalue weighted by molar-refractivity contribution is -0.132. The Kier molecular flexibility index (Phi) is 4.10. The number of nitrogens with zero attached hydrogens (tertiary/aromatic N) is 3. The van der Waals surface area contributed by atoms with Crippen LogP contribution in [0.2, 0.25) is 0 Å². The molecule has 23 heavy (non-hydrogen) atoms. The summed E-state index contributed by atoms with van der Waals surface area (Å²) in [5.41, 5.74) is 1.31. The van der Waals surface area contributed by atoms with Crippen molar-refractivity contribution in [2.45, 2.75) is 57.0 Å². The largest absolute Gasteiger partial charge is 0.333 e. The SMILES string of the molecule is O=C1CCC2(CCCN(CC3CC3)CC2)N1Cc1ccncc1. The van der Waals surface area contributed by atoms with Crippen molar-refractivity contribution >= 4 is 5.91 Å². The zero-order valence-corrected chi connectivity index (χ0v) is 13.9. The molecule has 2 saturated heterocycles. The molecule has 3 heterocycles. The highest BCUT2D eigenvalue weighted by molar-refractivity contribution is 5.79. The van der Waals surface area contributed by atoms with E-state index in [0.717, 1.165) is 38.3 Å². The van der Waals surface area contributed by atoms with Gasteiger partial charge in [-0.3, -0.25) is 9.78 Å². The van der Waals surface area contributed by atoms with Crippen LogP contribution < -0.4 is 0 Å². The topological polar surface area (TPSA) is 36.4 Å². The molecule has 0 bridgehead atoms. The molecular formula is C19H27N3O. The Labute approximate surface area is 138 Å². The van der Waals surface area contributed by atoms with Gasteiger partial charge < -0.3 is 9.80 Å². The summed E-state index contributed by atoms with van der Waals surface area (Å²) in [5, 5.41) is 0. The number of likely N-dealkylation sites (tertiary alicyclic amines) is 2. The smallest absolute Gasteiger partial charge is 0.223 e. The number of carbonyl (C=O) groups excluding carboxylic acids is 1. The molecule has 0 N–H and O–H groups in total. The van der Waals surface area contributed by atoms with Gasteiger partial charge in [-0.1, -0.05) is 0 Å². The Morgan fingerprint density at radius 3 is 2.74 bits per heavy atom. The molecule has 3 aliphatic rings. The third-order valence-electron chi connectivity index (χ3n) is 5.99. The first-order valence-corrected chi connectivity index (χ1v) is 9.17. The minimum Gasteiger partial charge on any atom is -0.333 e. The van der Waals surface area contributed by atoms with E-state index in [1.54, 1.807) is 0 Å². The Morgan fingerprint density at radius 2 is 1.96 bits per heavy atom. The number of aromatic nitrogens is 1. The number of hydrogen-bond donors (Lipinski definition) is 0. The van der Waals surface area contributed by atoms with Gasteiger partial charge in [-0.05, 0) is 68.7 Å². The number of rotatable bonds is 4. The maximum atomic E-state index is 12.5. The molecule has 1 atom stereocenters. The Balaban J connectivity index is 1.47. The normalized spacial score (nSPS) is 29.2. The molecule has 1 unspecified atom stereocenters. The summed E-state index contributed by atoms with van der Waals surface area (Å²) in [5.74, 6) is 1.31. The fourth-order valence-corrected chi connectivity index (χ4v) is 4.40. The van der Waals surface area contributed by atoms with Crippen molar-refractivity contribution in [2.75, 3.05) is 19.6 Å².